The Balaban J connectivity index is 1.05. The van der Waals surface area contributed by atoms with Gasteiger partial charge in [-0.15, -0.1) is 0 Å². The highest BCUT2D eigenvalue weighted by molar-refractivity contribution is 6.32. The van der Waals surface area contributed by atoms with E-state index in [9.17, 15) is 0 Å². The molecule has 0 bridgehead atoms. The monoisotopic (exact) mass is 739 g/mol. The van der Waals surface area contributed by atoms with Crippen LogP contribution in [0.15, 0.2) is 200 Å². The van der Waals surface area contributed by atoms with Crippen molar-refractivity contribution in [1.29, 1.82) is 0 Å². The van der Waals surface area contributed by atoms with E-state index in [1.54, 1.807) is 0 Å². The van der Waals surface area contributed by atoms with Gasteiger partial charge in [0.25, 0.3) is 0 Å². The van der Waals surface area contributed by atoms with E-state index in [1.165, 1.54) is 54.4 Å². The van der Waals surface area contributed by atoms with E-state index >= 15 is 0 Å². The number of benzene rings is 9. The highest BCUT2D eigenvalue weighted by Gasteiger charge is 2.23. The van der Waals surface area contributed by atoms with E-state index in [1.807, 2.05) is 60.7 Å². The molecule has 3 aromatic heterocycles. The first-order valence-electron chi connectivity index (χ1n) is 19.6. The number of hydrogen-bond donors (Lipinski definition) is 0. The average Bonchev–Trinajstić information content (AvgIpc) is 3.82. The van der Waals surface area contributed by atoms with Gasteiger partial charge in [-0.3, -0.25) is 0 Å². The van der Waals surface area contributed by atoms with E-state index in [-0.39, 0.29) is 0 Å². The van der Waals surface area contributed by atoms with Crippen LogP contribution in [-0.4, -0.2) is 24.1 Å². The lowest BCUT2D eigenvalue weighted by molar-refractivity contribution is 1.07. The van der Waals surface area contributed by atoms with Crippen LogP contribution in [0.2, 0.25) is 0 Å². The first kappa shape index (κ1) is 32.4. The fourth-order valence-electron chi connectivity index (χ4n) is 8.92. The molecule has 0 atom stereocenters. The number of rotatable bonds is 6. The molecular weight excluding hydrogens is 707 g/mol. The zero-order valence-corrected chi connectivity index (χ0v) is 31.3. The summed E-state index contributed by atoms with van der Waals surface area (Å²) in [6.45, 7) is 0. The van der Waals surface area contributed by atoms with Gasteiger partial charge in [-0.1, -0.05) is 152 Å². The molecule has 270 valence electrons. The van der Waals surface area contributed by atoms with Crippen LogP contribution in [0.4, 0.5) is 0 Å². The molecule has 0 aliphatic rings. The largest absolute Gasteiger partial charge is 0.309 e. The van der Waals surface area contributed by atoms with Crippen molar-refractivity contribution in [3.63, 3.8) is 0 Å². The highest BCUT2D eigenvalue weighted by Crippen LogP contribution is 2.45. The first-order valence-corrected chi connectivity index (χ1v) is 19.6. The van der Waals surface area contributed by atoms with Gasteiger partial charge in [0.1, 0.15) is 0 Å². The summed E-state index contributed by atoms with van der Waals surface area (Å²) in [7, 11) is 0. The van der Waals surface area contributed by atoms with Crippen molar-refractivity contribution < 1.29 is 0 Å². The second-order valence-electron chi connectivity index (χ2n) is 14.8. The molecule has 0 saturated carbocycles. The van der Waals surface area contributed by atoms with Crippen LogP contribution in [0, 0.1) is 0 Å². The van der Waals surface area contributed by atoms with Crippen molar-refractivity contribution in [2.24, 2.45) is 0 Å². The number of para-hydroxylation sites is 2. The fourth-order valence-corrected chi connectivity index (χ4v) is 8.92. The van der Waals surface area contributed by atoms with Gasteiger partial charge in [-0.05, 0) is 65.0 Å². The Hall–Kier alpha value is -7.89. The Morgan fingerprint density at radius 1 is 0.293 bits per heavy atom. The molecule has 0 unspecified atom stereocenters. The predicted molar refractivity (Wildman–Crippen MR) is 239 cm³/mol. The van der Waals surface area contributed by atoms with Gasteiger partial charge in [-0.2, -0.15) is 0 Å². The van der Waals surface area contributed by atoms with E-state index in [2.05, 4.69) is 149 Å². The summed E-state index contributed by atoms with van der Waals surface area (Å²) in [5, 5.41) is 7.54. The normalized spacial score (nSPS) is 11.8. The zero-order valence-electron chi connectivity index (χ0n) is 31.3. The van der Waals surface area contributed by atoms with Crippen molar-refractivity contribution in [2.45, 2.75) is 0 Å². The summed E-state index contributed by atoms with van der Waals surface area (Å²) in [4.78, 5) is 14.9. The first-order chi connectivity index (χ1) is 28.8. The predicted octanol–water partition coefficient (Wildman–Crippen LogP) is 13.3. The smallest absolute Gasteiger partial charge is 0.164 e. The maximum atomic E-state index is 5.02. The average molecular weight is 740 g/mol. The lowest BCUT2D eigenvalue weighted by atomic mass is 9.99. The molecule has 0 fully saturated rings. The summed E-state index contributed by atoms with van der Waals surface area (Å²) in [5.41, 5.74) is 12.1. The zero-order chi connectivity index (χ0) is 38.2. The molecule has 0 aliphatic carbocycles. The molecular formula is C53H33N5. The van der Waals surface area contributed by atoms with E-state index in [4.69, 9.17) is 15.0 Å². The summed E-state index contributed by atoms with van der Waals surface area (Å²) in [5.74, 6) is 1.93. The topological polar surface area (TPSA) is 48.5 Å². The van der Waals surface area contributed by atoms with Crippen LogP contribution < -0.4 is 0 Å². The minimum atomic E-state index is 0.637. The maximum absolute atomic E-state index is 5.02. The number of nitrogens with zero attached hydrogens (tertiary/aromatic N) is 5. The Morgan fingerprint density at radius 2 is 0.845 bits per heavy atom. The summed E-state index contributed by atoms with van der Waals surface area (Å²) >= 11 is 0. The van der Waals surface area contributed by atoms with Crippen molar-refractivity contribution in [2.75, 3.05) is 0 Å². The molecule has 0 N–H and O–H groups in total. The number of fused-ring (bicyclic) bond motifs is 4. The van der Waals surface area contributed by atoms with Gasteiger partial charge in [0, 0.05) is 55.0 Å². The fraction of sp³-hybridized carbons (Fsp3) is 0. The van der Waals surface area contributed by atoms with E-state index in [0.717, 1.165) is 39.2 Å². The Labute approximate surface area is 334 Å². The van der Waals surface area contributed by atoms with Crippen molar-refractivity contribution in [3.8, 4) is 56.7 Å². The van der Waals surface area contributed by atoms with Gasteiger partial charge in [-0.25, -0.2) is 15.0 Å². The van der Waals surface area contributed by atoms with Crippen LogP contribution in [-0.2, 0) is 0 Å². The molecule has 0 radical (unpaired) electrons. The van der Waals surface area contributed by atoms with Crippen LogP contribution in [0.1, 0.15) is 0 Å². The molecule has 12 rings (SSSR count). The van der Waals surface area contributed by atoms with Gasteiger partial charge in [0.15, 0.2) is 17.5 Å². The quantitative estimate of drug-likeness (QED) is 0.160. The molecule has 9 aromatic carbocycles. The molecule has 0 aliphatic heterocycles. The van der Waals surface area contributed by atoms with Gasteiger partial charge >= 0.3 is 0 Å². The molecule has 0 amide bonds. The molecule has 3 heterocycles. The van der Waals surface area contributed by atoms with Crippen LogP contribution in [0.5, 0.6) is 0 Å². The number of aromatic nitrogens is 5. The molecule has 0 saturated heterocycles. The summed E-state index contributed by atoms with van der Waals surface area (Å²) in [6, 6.07) is 70.9. The van der Waals surface area contributed by atoms with Crippen molar-refractivity contribution in [3.05, 3.63) is 200 Å². The maximum Gasteiger partial charge on any atom is 0.164 e. The van der Waals surface area contributed by atoms with E-state index < -0.39 is 0 Å². The summed E-state index contributed by atoms with van der Waals surface area (Å²) in [6.07, 6.45) is 0. The van der Waals surface area contributed by atoms with Gasteiger partial charge < -0.3 is 9.13 Å². The molecule has 0 spiro atoms. The Kier molecular flexibility index (Phi) is 7.16. The molecule has 58 heavy (non-hydrogen) atoms. The molecule has 12 aromatic rings. The second-order valence-corrected chi connectivity index (χ2v) is 14.8. The van der Waals surface area contributed by atoms with Crippen LogP contribution in [0.25, 0.3) is 111 Å². The third-order valence-electron chi connectivity index (χ3n) is 11.5. The van der Waals surface area contributed by atoms with Crippen LogP contribution >= 0.6 is 0 Å². The minimum absolute atomic E-state index is 0.637. The second kappa shape index (κ2) is 12.8. The molecule has 5 nitrogen and oxygen atoms in total. The lowest BCUT2D eigenvalue weighted by Gasteiger charge is -2.12. The Bertz CT molecular complexity index is 3440. The van der Waals surface area contributed by atoms with Crippen molar-refractivity contribution >= 4 is 54.4 Å². The summed E-state index contributed by atoms with van der Waals surface area (Å²) < 4.78 is 4.89. The van der Waals surface area contributed by atoms with Crippen LogP contribution in [0.3, 0.4) is 0 Å². The van der Waals surface area contributed by atoms with Gasteiger partial charge in [0.05, 0.1) is 22.1 Å². The standard InChI is InChI=1S/C53H33N5/c1-4-15-35(16-5-1)51-54-52(36-17-6-2-7-18-36)56-53(55-51)39-22-12-20-37(31-39)38-21-13-25-41(32-38)57-46-28-14-19-34-29-30-43-49(48(34)46)47(57)33-44-42-26-10-11-27-45(42)58(50(43)44)40-23-8-3-9-24-40/h1-33H. The van der Waals surface area contributed by atoms with Crippen molar-refractivity contribution in [1.82, 2.24) is 24.1 Å². The number of hydrogen-bond acceptors (Lipinski definition) is 3. The highest BCUT2D eigenvalue weighted by atomic mass is 15.0. The lowest BCUT2D eigenvalue weighted by Crippen LogP contribution is -2.00. The minimum Gasteiger partial charge on any atom is -0.309 e. The van der Waals surface area contributed by atoms with Gasteiger partial charge in [0.2, 0.25) is 0 Å². The Morgan fingerprint density at radius 3 is 1.59 bits per heavy atom. The van der Waals surface area contributed by atoms with E-state index in [0.29, 0.717) is 17.5 Å². The third kappa shape index (κ3) is 5.00. The molecule has 5 heteroatoms. The third-order valence-corrected chi connectivity index (χ3v) is 11.5. The SMILES string of the molecule is c1ccc(-c2nc(-c3ccccc3)nc(-c3cccc(-c4cccc(-n5c6cccc7ccc8c(c76)c5cc5c6ccccc6n(-c6ccccc6)c58)c4)c3)n2)cc1.